The van der Waals surface area contributed by atoms with Gasteiger partial charge in [0.15, 0.2) is 0 Å². The molecule has 0 saturated heterocycles. The van der Waals surface area contributed by atoms with Crippen molar-refractivity contribution < 1.29 is 4.74 Å². The van der Waals surface area contributed by atoms with E-state index < -0.39 is 0 Å². The zero-order chi connectivity index (χ0) is 15.1. The van der Waals surface area contributed by atoms with Crippen LogP contribution in [0.15, 0.2) is 54.6 Å². The van der Waals surface area contributed by atoms with Crippen molar-refractivity contribution in [3.05, 3.63) is 60.2 Å². The molecule has 2 aromatic rings. The minimum atomic E-state index is 0.205. The summed E-state index contributed by atoms with van der Waals surface area (Å²) in [6, 6.07) is 18.2. The number of rotatable bonds is 7. The molecule has 0 amide bonds. The number of ether oxygens (including phenoxy) is 1. The Hall–Kier alpha value is -1.80. The fourth-order valence-electron chi connectivity index (χ4n) is 2.16. The maximum atomic E-state index is 5.88. The highest BCUT2D eigenvalue weighted by atomic mass is 16.5. The van der Waals surface area contributed by atoms with Gasteiger partial charge in [0.1, 0.15) is 11.5 Å². The summed E-state index contributed by atoms with van der Waals surface area (Å²) in [4.78, 5) is 0. The van der Waals surface area contributed by atoms with Crippen LogP contribution in [0, 0.1) is 0 Å². The molecular formula is C19H25NO. The van der Waals surface area contributed by atoms with Gasteiger partial charge >= 0.3 is 0 Å². The highest BCUT2D eigenvalue weighted by Gasteiger charge is 2.18. The second-order valence-corrected chi connectivity index (χ2v) is 5.68. The highest BCUT2D eigenvalue weighted by molar-refractivity contribution is 5.33. The van der Waals surface area contributed by atoms with Crippen LogP contribution in [-0.4, -0.2) is 5.54 Å². The lowest BCUT2D eigenvalue weighted by atomic mass is 9.95. The van der Waals surface area contributed by atoms with Crippen molar-refractivity contribution in [2.75, 3.05) is 0 Å². The van der Waals surface area contributed by atoms with Crippen LogP contribution in [0.2, 0.25) is 0 Å². The van der Waals surface area contributed by atoms with Gasteiger partial charge in [-0.25, -0.2) is 0 Å². The van der Waals surface area contributed by atoms with Gasteiger partial charge in [0.25, 0.3) is 0 Å². The maximum Gasteiger partial charge on any atom is 0.127 e. The number of nitrogens with one attached hydrogen (secondary N) is 1. The lowest BCUT2D eigenvalue weighted by Crippen LogP contribution is -2.40. The van der Waals surface area contributed by atoms with E-state index in [4.69, 9.17) is 4.74 Å². The molecule has 2 nitrogen and oxygen atoms in total. The Morgan fingerprint density at radius 2 is 1.57 bits per heavy atom. The molecule has 0 heterocycles. The topological polar surface area (TPSA) is 21.3 Å². The molecule has 0 radical (unpaired) electrons. The van der Waals surface area contributed by atoms with Crippen LogP contribution < -0.4 is 10.1 Å². The molecule has 0 fully saturated rings. The van der Waals surface area contributed by atoms with Crippen molar-refractivity contribution in [2.24, 2.45) is 0 Å². The molecule has 0 spiro atoms. The molecule has 1 N–H and O–H groups in total. The average molecular weight is 283 g/mol. The lowest BCUT2D eigenvalue weighted by molar-refractivity contribution is 0.329. The van der Waals surface area contributed by atoms with E-state index in [-0.39, 0.29) is 5.54 Å². The number of para-hydroxylation sites is 1. The van der Waals surface area contributed by atoms with Crippen molar-refractivity contribution >= 4 is 0 Å². The van der Waals surface area contributed by atoms with Gasteiger partial charge in [0.2, 0.25) is 0 Å². The van der Waals surface area contributed by atoms with Gasteiger partial charge in [-0.15, -0.1) is 0 Å². The first-order valence-corrected chi connectivity index (χ1v) is 7.72. The first-order chi connectivity index (χ1) is 10.1. The minimum absolute atomic E-state index is 0.205. The molecule has 2 heteroatoms. The first kappa shape index (κ1) is 15.6. The molecule has 2 rings (SSSR count). The Morgan fingerprint density at radius 3 is 2.24 bits per heavy atom. The molecular weight excluding hydrogens is 258 g/mol. The Kier molecular flexibility index (Phi) is 5.40. The normalized spacial score (nSPS) is 11.4. The smallest absolute Gasteiger partial charge is 0.127 e. The molecule has 0 aromatic heterocycles. The summed E-state index contributed by atoms with van der Waals surface area (Å²) in [6.45, 7) is 7.60. The van der Waals surface area contributed by atoms with Crippen LogP contribution >= 0.6 is 0 Å². The van der Waals surface area contributed by atoms with E-state index in [1.807, 2.05) is 42.5 Å². The number of hydrogen-bond donors (Lipinski definition) is 1. The molecule has 0 unspecified atom stereocenters. The van der Waals surface area contributed by atoms with E-state index in [1.54, 1.807) is 0 Å². The second-order valence-electron chi connectivity index (χ2n) is 5.68. The van der Waals surface area contributed by atoms with E-state index in [2.05, 4.69) is 38.2 Å². The van der Waals surface area contributed by atoms with E-state index in [0.717, 1.165) is 30.9 Å². The van der Waals surface area contributed by atoms with Crippen LogP contribution in [-0.2, 0) is 6.54 Å². The Bertz CT molecular complexity index is 547. The largest absolute Gasteiger partial charge is 0.457 e. The third kappa shape index (κ3) is 4.61. The molecule has 0 aliphatic rings. The summed E-state index contributed by atoms with van der Waals surface area (Å²) in [5.41, 5.74) is 1.45. The predicted octanol–water partition coefficient (Wildman–Crippen LogP) is 5.15. The van der Waals surface area contributed by atoms with Gasteiger partial charge in [-0.1, -0.05) is 44.2 Å². The van der Waals surface area contributed by atoms with Gasteiger partial charge < -0.3 is 10.1 Å². The second kappa shape index (κ2) is 7.28. The zero-order valence-electron chi connectivity index (χ0n) is 13.2. The molecule has 0 saturated carbocycles. The average Bonchev–Trinajstić information content (AvgIpc) is 2.54. The van der Waals surface area contributed by atoms with Crippen LogP contribution in [0.5, 0.6) is 11.5 Å². The summed E-state index contributed by atoms with van der Waals surface area (Å²) in [6.07, 6.45) is 2.26. The number of hydrogen-bond acceptors (Lipinski definition) is 2. The van der Waals surface area contributed by atoms with E-state index in [0.29, 0.717) is 0 Å². The Balaban J connectivity index is 2.01. The third-order valence-electron chi connectivity index (χ3n) is 4.16. The summed E-state index contributed by atoms with van der Waals surface area (Å²) in [5, 5.41) is 3.65. The molecule has 0 aliphatic carbocycles. The molecule has 0 atom stereocenters. The van der Waals surface area contributed by atoms with Gasteiger partial charge in [-0.05, 0) is 49.6 Å². The fraction of sp³-hybridized carbons (Fsp3) is 0.368. The lowest BCUT2D eigenvalue weighted by Gasteiger charge is -2.28. The van der Waals surface area contributed by atoms with Gasteiger partial charge in [0.05, 0.1) is 0 Å². The van der Waals surface area contributed by atoms with Crippen molar-refractivity contribution in [2.45, 2.75) is 45.7 Å². The minimum Gasteiger partial charge on any atom is -0.457 e. The first-order valence-electron chi connectivity index (χ1n) is 7.72. The molecule has 112 valence electrons. The van der Waals surface area contributed by atoms with Crippen LogP contribution in [0.25, 0.3) is 0 Å². The zero-order valence-corrected chi connectivity index (χ0v) is 13.2. The Labute approximate surface area is 128 Å². The van der Waals surface area contributed by atoms with Crippen LogP contribution in [0.1, 0.15) is 39.2 Å². The van der Waals surface area contributed by atoms with Crippen LogP contribution in [0.4, 0.5) is 0 Å². The SMILES string of the molecule is CCC(C)(CC)NCc1cccc(Oc2ccccc2)c1. The van der Waals surface area contributed by atoms with Gasteiger partial charge in [-0.2, -0.15) is 0 Å². The number of benzene rings is 2. The van der Waals surface area contributed by atoms with E-state index in [9.17, 15) is 0 Å². The summed E-state index contributed by atoms with van der Waals surface area (Å²) in [5.74, 6) is 1.75. The fourth-order valence-corrected chi connectivity index (χ4v) is 2.16. The maximum absolute atomic E-state index is 5.88. The molecule has 21 heavy (non-hydrogen) atoms. The van der Waals surface area contributed by atoms with Gasteiger partial charge in [-0.3, -0.25) is 0 Å². The molecule has 0 aliphatic heterocycles. The highest BCUT2D eigenvalue weighted by Crippen LogP contribution is 2.22. The van der Waals surface area contributed by atoms with Crippen molar-refractivity contribution in [3.8, 4) is 11.5 Å². The van der Waals surface area contributed by atoms with E-state index >= 15 is 0 Å². The summed E-state index contributed by atoms with van der Waals surface area (Å²) >= 11 is 0. The third-order valence-corrected chi connectivity index (χ3v) is 4.16. The van der Waals surface area contributed by atoms with E-state index in [1.165, 1.54) is 5.56 Å². The standard InChI is InChI=1S/C19H25NO/c1-4-19(3,5-2)20-15-16-10-9-13-18(14-16)21-17-11-7-6-8-12-17/h6-14,20H,4-5,15H2,1-3H3. The van der Waals surface area contributed by atoms with Crippen molar-refractivity contribution in [1.29, 1.82) is 0 Å². The Morgan fingerprint density at radius 1 is 0.905 bits per heavy atom. The summed E-state index contributed by atoms with van der Waals surface area (Å²) in [7, 11) is 0. The molecule has 2 aromatic carbocycles. The van der Waals surface area contributed by atoms with Gasteiger partial charge in [0, 0.05) is 12.1 Å². The van der Waals surface area contributed by atoms with Crippen molar-refractivity contribution in [1.82, 2.24) is 5.32 Å². The van der Waals surface area contributed by atoms with Crippen LogP contribution in [0.3, 0.4) is 0 Å². The predicted molar refractivity (Wildman–Crippen MR) is 88.8 cm³/mol. The quantitative estimate of drug-likeness (QED) is 0.759. The van der Waals surface area contributed by atoms with Crippen molar-refractivity contribution in [3.63, 3.8) is 0 Å². The molecule has 0 bridgehead atoms. The summed E-state index contributed by atoms with van der Waals surface area (Å²) < 4.78 is 5.88. The monoisotopic (exact) mass is 283 g/mol.